The van der Waals surface area contributed by atoms with Gasteiger partial charge >= 0.3 is 0 Å². The Morgan fingerprint density at radius 2 is 2.37 bits per heavy atom. The molecule has 1 aromatic heterocycles. The van der Waals surface area contributed by atoms with Crippen molar-refractivity contribution in [1.82, 2.24) is 15.5 Å². The van der Waals surface area contributed by atoms with Gasteiger partial charge in [-0.3, -0.25) is 5.10 Å². The molecule has 0 bridgehead atoms. The van der Waals surface area contributed by atoms with Crippen LogP contribution in [0.15, 0.2) is 17.7 Å². The average molecular weight is 260 g/mol. The van der Waals surface area contributed by atoms with E-state index < -0.39 is 0 Å². The number of allylic oxidation sites excluding steroid dienone is 1. The molecule has 0 saturated heterocycles. The molecule has 4 N–H and O–H groups in total. The molecule has 2 aliphatic rings. The smallest absolute Gasteiger partial charge is 0.145 e. The Labute approximate surface area is 114 Å². The van der Waals surface area contributed by atoms with E-state index in [0.29, 0.717) is 23.3 Å². The van der Waals surface area contributed by atoms with Crippen LogP contribution in [-0.2, 0) is 0 Å². The molecule has 3 rings (SSSR count). The number of rotatable bonds is 4. The third-order valence-corrected chi connectivity index (χ3v) is 4.44. The molecule has 0 spiro atoms. The van der Waals surface area contributed by atoms with Crippen LogP contribution < -0.4 is 11.1 Å². The lowest BCUT2D eigenvalue weighted by atomic mass is 10.0. The molecule has 4 nitrogen and oxygen atoms in total. The van der Waals surface area contributed by atoms with Gasteiger partial charge in [-0.15, -0.1) is 0 Å². The zero-order valence-electron chi connectivity index (χ0n) is 11.9. The highest BCUT2D eigenvalue weighted by atomic mass is 15.2. The van der Waals surface area contributed by atoms with Crippen molar-refractivity contribution in [2.45, 2.75) is 63.5 Å². The molecule has 104 valence electrons. The third kappa shape index (κ3) is 3.00. The molecule has 2 aliphatic carbocycles. The number of aromatic nitrogens is 2. The molecule has 2 saturated carbocycles. The van der Waals surface area contributed by atoms with E-state index >= 15 is 0 Å². The lowest BCUT2D eigenvalue weighted by molar-refractivity contribution is 0.502. The van der Waals surface area contributed by atoms with Gasteiger partial charge in [0.2, 0.25) is 0 Å². The molecule has 1 unspecified atom stereocenters. The highest BCUT2D eigenvalue weighted by Crippen LogP contribution is 2.38. The molecular weight excluding hydrogens is 236 g/mol. The van der Waals surface area contributed by atoms with Crippen molar-refractivity contribution in [2.75, 3.05) is 5.73 Å². The number of anilines is 1. The van der Waals surface area contributed by atoms with Crippen LogP contribution in [0.3, 0.4) is 0 Å². The Hall–Kier alpha value is -1.29. The molecule has 1 heterocycles. The molecule has 0 radical (unpaired) electrons. The Bertz CT molecular complexity index is 484. The van der Waals surface area contributed by atoms with Crippen LogP contribution in [0.4, 0.5) is 5.82 Å². The fourth-order valence-corrected chi connectivity index (χ4v) is 3.14. The molecule has 1 aromatic rings. The number of nitrogen functional groups attached to an aromatic ring is 1. The summed E-state index contributed by atoms with van der Waals surface area (Å²) in [5.74, 6) is 1.17. The second-order valence-electron chi connectivity index (χ2n) is 6.51. The topological polar surface area (TPSA) is 66.7 Å². The minimum absolute atomic E-state index is 0.409. The van der Waals surface area contributed by atoms with Crippen molar-refractivity contribution in [2.24, 2.45) is 0 Å². The van der Waals surface area contributed by atoms with Gasteiger partial charge in [0.15, 0.2) is 0 Å². The predicted molar refractivity (Wildman–Crippen MR) is 77.9 cm³/mol. The van der Waals surface area contributed by atoms with Crippen LogP contribution in [-0.4, -0.2) is 21.8 Å². The van der Waals surface area contributed by atoms with Crippen molar-refractivity contribution in [3.63, 3.8) is 0 Å². The van der Waals surface area contributed by atoms with Gasteiger partial charge in [0.25, 0.3) is 0 Å². The van der Waals surface area contributed by atoms with E-state index in [1.165, 1.54) is 31.4 Å². The average Bonchev–Trinajstić information content (AvgIpc) is 2.79. The van der Waals surface area contributed by atoms with Gasteiger partial charge in [-0.1, -0.05) is 11.6 Å². The van der Waals surface area contributed by atoms with Crippen LogP contribution in [0.5, 0.6) is 0 Å². The maximum absolute atomic E-state index is 5.67. The molecule has 0 amide bonds. The van der Waals surface area contributed by atoms with Crippen molar-refractivity contribution in [1.29, 1.82) is 0 Å². The van der Waals surface area contributed by atoms with Gasteiger partial charge in [-0.2, -0.15) is 5.10 Å². The molecule has 0 aliphatic heterocycles. The van der Waals surface area contributed by atoms with Gasteiger partial charge < -0.3 is 11.1 Å². The lowest BCUT2D eigenvalue weighted by Crippen LogP contribution is -2.35. The van der Waals surface area contributed by atoms with Crippen LogP contribution in [0.25, 0.3) is 0 Å². The lowest BCUT2D eigenvalue weighted by Gasteiger charge is -2.16. The zero-order valence-corrected chi connectivity index (χ0v) is 11.9. The minimum Gasteiger partial charge on any atom is -0.382 e. The number of nitrogens with one attached hydrogen (secondary N) is 2. The van der Waals surface area contributed by atoms with Crippen molar-refractivity contribution in [3.8, 4) is 0 Å². The van der Waals surface area contributed by atoms with Crippen LogP contribution in [0.1, 0.15) is 57.6 Å². The Morgan fingerprint density at radius 1 is 1.58 bits per heavy atom. The highest BCUT2D eigenvalue weighted by molar-refractivity contribution is 5.32. The number of hydrogen-bond donors (Lipinski definition) is 3. The maximum atomic E-state index is 5.67. The fraction of sp³-hybridized carbons (Fsp3) is 0.667. The molecule has 0 aromatic carbocycles. The number of aromatic amines is 1. The second kappa shape index (κ2) is 4.67. The number of nitrogens with two attached hydrogens (primary N) is 1. The van der Waals surface area contributed by atoms with Gasteiger partial charge in [0, 0.05) is 29.3 Å². The van der Waals surface area contributed by atoms with E-state index in [4.69, 9.17) is 5.73 Å². The van der Waals surface area contributed by atoms with Gasteiger partial charge in [0.1, 0.15) is 5.82 Å². The van der Waals surface area contributed by atoms with Gasteiger partial charge in [0.05, 0.1) is 0 Å². The van der Waals surface area contributed by atoms with E-state index in [-0.39, 0.29) is 0 Å². The van der Waals surface area contributed by atoms with Gasteiger partial charge in [-0.05, 0) is 46.0 Å². The van der Waals surface area contributed by atoms with E-state index in [9.17, 15) is 0 Å². The standard InChI is InChI=1S/C15H24N4/c1-10(17-15(2)5-6-15)7-11-3-4-12(8-11)13-9-14(16)19-18-13/h7,9-10,12,17H,3-6,8H2,1-2H3,(H3,16,18,19)/b11-7-/t10?,12-/m0/s1. The summed E-state index contributed by atoms with van der Waals surface area (Å²) in [6.07, 6.45) is 8.60. The molecule has 4 heteroatoms. The van der Waals surface area contributed by atoms with Crippen molar-refractivity contribution >= 4 is 5.82 Å². The van der Waals surface area contributed by atoms with E-state index in [2.05, 4.69) is 35.4 Å². The summed E-state index contributed by atoms with van der Waals surface area (Å²) in [5, 5.41) is 10.8. The largest absolute Gasteiger partial charge is 0.382 e. The summed E-state index contributed by atoms with van der Waals surface area (Å²) in [4.78, 5) is 0. The normalized spacial score (nSPS) is 28.7. The van der Waals surface area contributed by atoms with Crippen molar-refractivity contribution in [3.05, 3.63) is 23.4 Å². The van der Waals surface area contributed by atoms with Gasteiger partial charge in [-0.25, -0.2) is 0 Å². The zero-order chi connectivity index (χ0) is 13.5. The van der Waals surface area contributed by atoms with Crippen LogP contribution in [0, 0.1) is 0 Å². The summed E-state index contributed by atoms with van der Waals surface area (Å²) in [6.45, 7) is 4.57. The first-order valence-electron chi connectivity index (χ1n) is 7.32. The first-order valence-corrected chi connectivity index (χ1v) is 7.32. The number of hydrogen-bond acceptors (Lipinski definition) is 3. The third-order valence-electron chi connectivity index (χ3n) is 4.44. The Morgan fingerprint density at radius 3 is 3.00 bits per heavy atom. The number of nitrogens with zero attached hydrogens (tertiary/aromatic N) is 1. The predicted octanol–water partition coefficient (Wildman–Crippen LogP) is 2.72. The molecule has 19 heavy (non-hydrogen) atoms. The molecular formula is C15H24N4. The maximum Gasteiger partial charge on any atom is 0.145 e. The Balaban J connectivity index is 1.58. The summed E-state index contributed by atoms with van der Waals surface area (Å²) in [5.41, 5.74) is 8.84. The summed E-state index contributed by atoms with van der Waals surface area (Å²) in [7, 11) is 0. The number of H-pyrrole nitrogens is 1. The van der Waals surface area contributed by atoms with Crippen molar-refractivity contribution < 1.29 is 0 Å². The minimum atomic E-state index is 0.409. The summed E-state index contributed by atoms with van der Waals surface area (Å²) >= 11 is 0. The molecule has 2 fully saturated rings. The Kier molecular flexibility index (Phi) is 3.13. The van der Waals surface area contributed by atoms with E-state index in [0.717, 1.165) is 6.42 Å². The van der Waals surface area contributed by atoms with E-state index in [1.807, 2.05) is 6.07 Å². The SMILES string of the molecule is CC(/C=C1/CC[C@H](c2cc(N)n[nH]2)C1)NC1(C)CC1. The summed E-state index contributed by atoms with van der Waals surface area (Å²) < 4.78 is 0. The monoisotopic (exact) mass is 260 g/mol. The molecule has 2 atom stereocenters. The quantitative estimate of drug-likeness (QED) is 0.729. The first-order chi connectivity index (χ1) is 9.04. The summed E-state index contributed by atoms with van der Waals surface area (Å²) in [6, 6.07) is 2.45. The fourth-order valence-electron chi connectivity index (χ4n) is 3.14. The second-order valence-corrected chi connectivity index (χ2v) is 6.51. The first kappa shape index (κ1) is 12.7. The van der Waals surface area contributed by atoms with E-state index in [1.54, 1.807) is 5.57 Å². The van der Waals surface area contributed by atoms with Crippen LogP contribution in [0.2, 0.25) is 0 Å². The highest BCUT2D eigenvalue weighted by Gasteiger charge is 2.37. The van der Waals surface area contributed by atoms with Crippen LogP contribution >= 0.6 is 0 Å².